The minimum absolute atomic E-state index is 0.345. The monoisotopic (exact) mass is 769 g/mol. The topological polar surface area (TPSA) is 65.0 Å². The zero-order valence-electron chi connectivity index (χ0n) is 32.4. The van der Waals surface area contributed by atoms with E-state index in [0.717, 1.165) is 78.1 Å². The second kappa shape index (κ2) is 13.9. The van der Waals surface area contributed by atoms with E-state index in [1.165, 1.54) is 27.5 Å². The molecule has 1 aliphatic carbocycles. The van der Waals surface area contributed by atoms with Gasteiger partial charge in [-0.2, -0.15) is 0 Å². The van der Waals surface area contributed by atoms with Crippen LogP contribution in [-0.4, -0.2) is 15.0 Å². The second-order valence-electron chi connectivity index (χ2n) is 15.5. The number of furan rings is 2. The summed E-state index contributed by atoms with van der Waals surface area (Å²) in [4.78, 5) is 15.7. The Hall–Kier alpha value is -7.89. The first kappa shape index (κ1) is 34.2. The van der Waals surface area contributed by atoms with Crippen LogP contribution in [0.4, 0.5) is 0 Å². The Morgan fingerprint density at radius 2 is 1.08 bits per heavy atom. The molecule has 0 bridgehead atoms. The third-order valence-corrected chi connectivity index (χ3v) is 11.9. The fraction of sp³-hybridized carbons (Fsp3) is 0.0364. The van der Waals surface area contributed by atoms with E-state index in [4.69, 9.17) is 23.8 Å². The van der Waals surface area contributed by atoms with Gasteiger partial charge in [0, 0.05) is 49.7 Å². The van der Waals surface area contributed by atoms with E-state index in [1.807, 2.05) is 42.5 Å². The van der Waals surface area contributed by atoms with Crippen LogP contribution >= 0.6 is 0 Å². The summed E-state index contributed by atoms with van der Waals surface area (Å²) in [6.07, 6.45) is 9.70. The van der Waals surface area contributed by atoms with E-state index in [0.29, 0.717) is 23.4 Å². The van der Waals surface area contributed by atoms with Crippen LogP contribution < -0.4 is 0 Å². The van der Waals surface area contributed by atoms with Crippen LogP contribution in [0.2, 0.25) is 0 Å². The molecule has 3 aromatic heterocycles. The quantitative estimate of drug-likeness (QED) is 0.168. The van der Waals surface area contributed by atoms with Gasteiger partial charge in [-0.3, -0.25) is 0 Å². The fourth-order valence-electron chi connectivity index (χ4n) is 8.89. The van der Waals surface area contributed by atoms with Gasteiger partial charge in [-0.05, 0) is 94.0 Å². The third-order valence-electron chi connectivity index (χ3n) is 11.9. The Bertz CT molecular complexity index is 3520. The van der Waals surface area contributed by atoms with Crippen molar-refractivity contribution < 1.29 is 8.83 Å². The Labute approximate surface area is 345 Å². The number of hydrogen-bond donors (Lipinski definition) is 0. The van der Waals surface area contributed by atoms with E-state index >= 15 is 0 Å². The standard InChI is InChI=1S/C55H35N3O2/c1-3-13-34(14-4-1)35-23-25-37(26-24-35)53-56-54(39-27-30-50-47(32-39)43-19-9-11-21-48(43)59-50)58-55(57-53)45-29-28-42(52-51(45)44-20-10-12-22-49(44)60-52)40-31-38-17-7-8-18-41(38)46(33-40)36-15-5-2-6-16-36/h1-13,15-34H,14H2. The molecule has 0 radical (unpaired) electrons. The van der Waals surface area contributed by atoms with Crippen LogP contribution in [0.25, 0.3) is 111 Å². The maximum Gasteiger partial charge on any atom is 0.164 e. The number of para-hydroxylation sites is 2. The Morgan fingerprint density at radius 1 is 0.417 bits per heavy atom. The van der Waals surface area contributed by atoms with Crippen molar-refractivity contribution in [2.24, 2.45) is 0 Å². The molecule has 1 unspecified atom stereocenters. The van der Waals surface area contributed by atoms with Gasteiger partial charge in [0.25, 0.3) is 0 Å². The number of fused-ring (bicyclic) bond motifs is 7. The first-order chi connectivity index (χ1) is 29.7. The molecule has 0 aliphatic heterocycles. The SMILES string of the molecule is C1=CCC(c2ccc(-c3nc(-c4ccc5oc6ccccc6c5c4)nc(-c4ccc(-c5cc(-c6ccccc6)c6ccccc6c5)c5oc6ccccc6c45)n3)cc2)C=C1. The van der Waals surface area contributed by atoms with Crippen molar-refractivity contribution in [3.05, 3.63) is 200 Å². The Kier molecular flexibility index (Phi) is 7.91. The molecule has 8 aromatic carbocycles. The molecule has 0 fully saturated rings. The molecule has 0 amide bonds. The minimum atomic E-state index is 0.345. The highest BCUT2D eigenvalue weighted by atomic mass is 16.3. The smallest absolute Gasteiger partial charge is 0.164 e. The highest BCUT2D eigenvalue weighted by Gasteiger charge is 2.22. The minimum Gasteiger partial charge on any atom is -0.456 e. The molecule has 3 heterocycles. The average Bonchev–Trinajstić information content (AvgIpc) is 3.90. The molecule has 0 spiro atoms. The van der Waals surface area contributed by atoms with Gasteiger partial charge in [-0.1, -0.05) is 140 Å². The first-order valence-electron chi connectivity index (χ1n) is 20.4. The summed E-state index contributed by atoms with van der Waals surface area (Å²) < 4.78 is 13.0. The first-order valence-corrected chi connectivity index (χ1v) is 20.4. The van der Waals surface area contributed by atoms with Crippen LogP contribution in [-0.2, 0) is 0 Å². The molecule has 282 valence electrons. The summed E-state index contributed by atoms with van der Waals surface area (Å²) in [7, 11) is 0. The van der Waals surface area contributed by atoms with Crippen molar-refractivity contribution in [3.63, 3.8) is 0 Å². The molecular formula is C55H35N3O2. The maximum absolute atomic E-state index is 6.85. The van der Waals surface area contributed by atoms with Gasteiger partial charge in [-0.25, -0.2) is 15.0 Å². The van der Waals surface area contributed by atoms with Gasteiger partial charge >= 0.3 is 0 Å². The summed E-state index contributed by atoms with van der Waals surface area (Å²) in [5.74, 6) is 2.10. The molecule has 0 saturated carbocycles. The molecular weight excluding hydrogens is 735 g/mol. The Morgan fingerprint density at radius 3 is 1.90 bits per heavy atom. The molecule has 12 rings (SSSR count). The van der Waals surface area contributed by atoms with Crippen LogP contribution in [0.1, 0.15) is 17.9 Å². The molecule has 60 heavy (non-hydrogen) atoms. The van der Waals surface area contributed by atoms with Crippen molar-refractivity contribution >= 4 is 54.6 Å². The van der Waals surface area contributed by atoms with E-state index < -0.39 is 0 Å². The van der Waals surface area contributed by atoms with Crippen molar-refractivity contribution in [1.29, 1.82) is 0 Å². The van der Waals surface area contributed by atoms with Gasteiger partial charge < -0.3 is 8.83 Å². The lowest BCUT2D eigenvalue weighted by Crippen LogP contribution is -2.01. The Balaban J connectivity index is 1.08. The fourth-order valence-corrected chi connectivity index (χ4v) is 8.89. The molecule has 5 heteroatoms. The van der Waals surface area contributed by atoms with Crippen molar-refractivity contribution in [1.82, 2.24) is 15.0 Å². The number of aromatic nitrogens is 3. The van der Waals surface area contributed by atoms with Gasteiger partial charge in [0.1, 0.15) is 22.3 Å². The van der Waals surface area contributed by atoms with Crippen LogP contribution in [0.3, 0.4) is 0 Å². The van der Waals surface area contributed by atoms with Gasteiger partial charge in [0.15, 0.2) is 17.5 Å². The van der Waals surface area contributed by atoms with Gasteiger partial charge in [0.05, 0.1) is 0 Å². The van der Waals surface area contributed by atoms with E-state index in [-0.39, 0.29) is 0 Å². The highest BCUT2D eigenvalue weighted by Crippen LogP contribution is 2.44. The third kappa shape index (κ3) is 5.74. The largest absolute Gasteiger partial charge is 0.456 e. The molecule has 11 aromatic rings. The van der Waals surface area contributed by atoms with Crippen LogP contribution in [0.15, 0.2) is 203 Å². The molecule has 5 nitrogen and oxygen atoms in total. The molecule has 1 aliphatic rings. The van der Waals surface area contributed by atoms with Crippen molar-refractivity contribution in [2.75, 3.05) is 0 Å². The summed E-state index contributed by atoms with van der Waals surface area (Å²) >= 11 is 0. The van der Waals surface area contributed by atoms with Gasteiger partial charge in [-0.15, -0.1) is 0 Å². The zero-order valence-corrected chi connectivity index (χ0v) is 32.4. The van der Waals surface area contributed by atoms with E-state index in [2.05, 4.69) is 152 Å². The number of hydrogen-bond acceptors (Lipinski definition) is 5. The van der Waals surface area contributed by atoms with Crippen LogP contribution in [0.5, 0.6) is 0 Å². The average molecular weight is 770 g/mol. The lowest BCUT2D eigenvalue weighted by Gasteiger charge is -2.14. The van der Waals surface area contributed by atoms with Crippen LogP contribution in [0, 0.1) is 0 Å². The summed E-state index contributed by atoms with van der Waals surface area (Å²) in [5.41, 5.74) is 11.6. The highest BCUT2D eigenvalue weighted by molar-refractivity contribution is 6.16. The molecule has 0 saturated heterocycles. The number of benzene rings is 8. The summed E-state index contributed by atoms with van der Waals surface area (Å²) in [6.45, 7) is 0. The number of allylic oxidation sites excluding steroid dienone is 4. The normalized spacial score (nSPS) is 14.0. The predicted octanol–water partition coefficient (Wildman–Crippen LogP) is 14.8. The summed E-state index contributed by atoms with van der Waals surface area (Å²) in [5, 5.41) is 6.41. The lowest BCUT2D eigenvalue weighted by atomic mass is 9.91. The summed E-state index contributed by atoms with van der Waals surface area (Å²) in [6, 6.07) is 59.2. The van der Waals surface area contributed by atoms with Crippen molar-refractivity contribution in [2.45, 2.75) is 12.3 Å². The molecule has 0 N–H and O–H groups in total. The predicted molar refractivity (Wildman–Crippen MR) is 245 cm³/mol. The zero-order chi connectivity index (χ0) is 39.6. The lowest BCUT2D eigenvalue weighted by molar-refractivity contribution is 0.669. The number of nitrogens with zero attached hydrogens (tertiary/aromatic N) is 3. The second-order valence-corrected chi connectivity index (χ2v) is 15.5. The number of rotatable bonds is 6. The van der Waals surface area contributed by atoms with E-state index in [1.54, 1.807) is 0 Å². The van der Waals surface area contributed by atoms with E-state index in [9.17, 15) is 0 Å². The molecule has 1 atom stereocenters. The maximum atomic E-state index is 6.85. The van der Waals surface area contributed by atoms with Gasteiger partial charge in [0.2, 0.25) is 0 Å². The van der Waals surface area contributed by atoms with Crippen molar-refractivity contribution in [3.8, 4) is 56.4 Å².